The van der Waals surface area contributed by atoms with E-state index in [1.807, 2.05) is 41.7 Å². The van der Waals surface area contributed by atoms with Gasteiger partial charge in [0, 0.05) is 21.9 Å². The lowest BCUT2D eigenvalue weighted by Crippen LogP contribution is -2.42. The summed E-state index contributed by atoms with van der Waals surface area (Å²) in [5.41, 5.74) is -1.78. The number of benzene rings is 1. The Hall–Kier alpha value is -3.61. The lowest BCUT2D eigenvalue weighted by Gasteiger charge is -2.18. The molecular formula is C24H29N3O8S. The van der Waals surface area contributed by atoms with Gasteiger partial charge >= 0.3 is 17.9 Å². The number of hydrogen-bond acceptors (Lipinski definition) is 9. The van der Waals surface area contributed by atoms with Crippen LogP contribution in [0.3, 0.4) is 0 Å². The van der Waals surface area contributed by atoms with E-state index in [1.54, 1.807) is 0 Å². The molecule has 3 aromatic rings. The molecule has 0 spiro atoms. The monoisotopic (exact) mass is 519 g/mol. The summed E-state index contributed by atoms with van der Waals surface area (Å²) in [5, 5.41) is 42.1. The van der Waals surface area contributed by atoms with Crippen molar-refractivity contribution in [3.8, 4) is 11.5 Å². The van der Waals surface area contributed by atoms with Crippen LogP contribution in [-0.2, 0) is 33.9 Å². The molecule has 0 saturated heterocycles. The van der Waals surface area contributed by atoms with Crippen molar-refractivity contribution in [3.05, 3.63) is 58.1 Å². The van der Waals surface area contributed by atoms with Gasteiger partial charge < -0.3 is 24.8 Å². The van der Waals surface area contributed by atoms with Crippen molar-refractivity contribution in [2.24, 2.45) is 0 Å². The first-order chi connectivity index (χ1) is 17.0. The van der Waals surface area contributed by atoms with E-state index in [-0.39, 0.29) is 0 Å². The normalized spacial score (nSPS) is 11.1. The van der Waals surface area contributed by atoms with E-state index in [0.717, 1.165) is 12.1 Å². The second kappa shape index (κ2) is 13.5. The lowest BCUT2D eigenvalue weighted by molar-refractivity contribution is -0.170. The smallest absolute Gasteiger partial charge is 0.336 e. The molecule has 4 N–H and O–H groups in total. The van der Waals surface area contributed by atoms with Gasteiger partial charge in [-0.15, -0.1) is 21.5 Å². The van der Waals surface area contributed by atoms with Crippen molar-refractivity contribution in [1.29, 1.82) is 0 Å². The predicted octanol–water partition coefficient (Wildman–Crippen LogP) is 3.13. The first-order valence-electron chi connectivity index (χ1n) is 11.1. The molecule has 0 aliphatic carbocycles. The van der Waals surface area contributed by atoms with Gasteiger partial charge in [-0.1, -0.05) is 31.5 Å². The van der Waals surface area contributed by atoms with Crippen LogP contribution in [0.25, 0.3) is 11.5 Å². The zero-order valence-electron chi connectivity index (χ0n) is 20.0. The highest BCUT2D eigenvalue weighted by Crippen LogP contribution is 2.21. The number of hydrogen-bond donors (Lipinski definition) is 4. The Kier molecular flexibility index (Phi) is 10.7. The number of aliphatic carboxylic acids is 3. The standard InChI is InChI=1S/C18H21N3OS.C6H8O7/c1-3-7-15-10-11-16(23-15)12-21(2)13-17-19-20-18(22-17)14-8-5-4-6-9-14;7-3(8)1-6(13,5(11)12)2-4(9)10/h4-6,8-11H,3,7,12-13H2,1-2H3;13H,1-2H2,(H,7,8)(H,9,10)(H,11,12). The fourth-order valence-corrected chi connectivity index (χ4v) is 4.37. The van der Waals surface area contributed by atoms with Crippen LogP contribution in [0, 0.1) is 0 Å². The molecule has 1 aromatic carbocycles. The molecule has 0 aliphatic heterocycles. The van der Waals surface area contributed by atoms with Crippen LogP contribution in [0.1, 0.15) is 41.8 Å². The molecule has 11 nitrogen and oxygen atoms in total. The van der Waals surface area contributed by atoms with Gasteiger partial charge in [-0.3, -0.25) is 14.5 Å². The Morgan fingerprint density at radius 1 is 0.944 bits per heavy atom. The van der Waals surface area contributed by atoms with Crippen LogP contribution < -0.4 is 0 Å². The maximum absolute atomic E-state index is 10.3. The minimum Gasteiger partial charge on any atom is -0.481 e. The molecule has 0 fully saturated rings. The van der Waals surface area contributed by atoms with Crippen molar-refractivity contribution < 1.29 is 39.2 Å². The lowest BCUT2D eigenvalue weighted by atomic mass is 9.96. The fourth-order valence-electron chi connectivity index (χ4n) is 3.17. The molecule has 3 rings (SSSR count). The van der Waals surface area contributed by atoms with E-state index in [0.29, 0.717) is 18.3 Å². The highest BCUT2D eigenvalue weighted by molar-refractivity contribution is 7.11. The average molecular weight is 520 g/mol. The molecule has 0 aliphatic rings. The molecule has 194 valence electrons. The molecule has 0 unspecified atom stereocenters. The Morgan fingerprint density at radius 3 is 2.11 bits per heavy atom. The van der Waals surface area contributed by atoms with Gasteiger partial charge in [-0.05, 0) is 37.7 Å². The largest absolute Gasteiger partial charge is 0.481 e. The van der Waals surface area contributed by atoms with Crippen LogP contribution >= 0.6 is 11.3 Å². The zero-order valence-corrected chi connectivity index (χ0v) is 20.8. The van der Waals surface area contributed by atoms with Crippen molar-refractivity contribution >= 4 is 29.2 Å². The van der Waals surface area contributed by atoms with Gasteiger partial charge in [0.15, 0.2) is 5.60 Å². The predicted molar refractivity (Wildman–Crippen MR) is 130 cm³/mol. The second-order valence-corrected chi connectivity index (χ2v) is 9.39. The topological polar surface area (TPSA) is 174 Å². The Morgan fingerprint density at radius 2 is 1.56 bits per heavy atom. The summed E-state index contributed by atoms with van der Waals surface area (Å²) in [6.45, 7) is 3.77. The highest BCUT2D eigenvalue weighted by Gasteiger charge is 2.40. The Balaban J connectivity index is 0.000000302. The van der Waals surface area contributed by atoms with Gasteiger partial charge in [0.1, 0.15) is 0 Å². The zero-order chi connectivity index (χ0) is 26.7. The molecule has 0 bridgehead atoms. The number of carboxylic acid groups (broad SMARTS) is 3. The fraction of sp³-hybridized carbons (Fsp3) is 0.375. The van der Waals surface area contributed by atoms with Crippen LogP contribution in [0.15, 0.2) is 46.9 Å². The van der Waals surface area contributed by atoms with E-state index in [2.05, 4.69) is 41.2 Å². The molecule has 2 heterocycles. The van der Waals surface area contributed by atoms with Gasteiger partial charge in [0.05, 0.1) is 19.4 Å². The molecule has 0 radical (unpaired) electrons. The Labute approximate surface area is 211 Å². The first kappa shape index (κ1) is 28.6. The number of thiophene rings is 1. The second-order valence-electron chi connectivity index (χ2n) is 8.14. The number of aryl methyl sites for hydroxylation is 1. The molecule has 2 aromatic heterocycles. The number of rotatable bonds is 12. The molecule has 0 amide bonds. The number of aliphatic hydroxyl groups is 1. The molecular weight excluding hydrogens is 490 g/mol. The highest BCUT2D eigenvalue weighted by atomic mass is 32.1. The van der Waals surface area contributed by atoms with Gasteiger partial charge in [-0.25, -0.2) is 4.79 Å². The third-order valence-electron chi connectivity index (χ3n) is 4.82. The SMILES string of the molecule is CCCc1ccc(CN(C)Cc2nnc(-c3ccccc3)o2)s1.O=C(O)CC(O)(CC(=O)O)C(=O)O. The summed E-state index contributed by atoms with van der Waals surface area (Å²) >= 11 is 1.89. The van der Waals surface area contributed by atoms with Crippen LogP contribution in [0.2, 0.25) is 0 Å². The third-order valence-corrected chi connectivity index (χ3v) is 5.95. The van der Waals surface area contributed by atoms with Crippen molar-refractivity contribution in [2.75, 3.05) is 7.05 Å². The number of carbonyl (C=O) groups is 3. The van der Waals surface area contributed by atoms with E-state index in [1.165, 1.54) is 22.6 Å². The van der Waals surface area contributed by atoms with Crippen molar-refractivity contribution in [3.63, 3.8) is 0 Å². The molecule has 0 saturated carbocycles. The van der Waals surface area contributed by atoms with E-state index >= 15 is 0 Å². The van der Waals surface area contributed by atoms with Gasteiger partial charge in [-0.2, -0.15) is 0 Å². The van der Waals surface area contributed by atoms with E-state index in [4.69, 9.17) is 24.8 Å². The van der Waals surface area contributed by atoms with E-state index in [9.17, 15) is 14.4 Å². The first-order valence-corrected chi connectivity index (χ1v) is 11.9. The molecule has 12 heteroatoms. The average Bonchev–Trinajstić information content (AvgIpc) is 3.43. The number of nitrogens with zero attached hydrogens (tertiary/aromatic N) is 3. The molecule has 36 heavy (non-hydrogen) atoms. The minimum atomic E-state index is -2.74. The quantitative estimate of drug-likeness (QED) is 0.277. The summed E-state index contributed by atoms with van der Waals surface area (Å²) < 4.78 is 5.76. The summed E-state index contributed by atoms with van der Waals surface area (Å²) in [6, 6.07) is 14.3. The third kappa shape index (κ3) is 9.21. The van der Waals surface area contributed by atoms with Gasteiger partial charge in [0.25, 0.3) is 0 Å². The van der Waals surface area contributed by atoms with Crippen molar-refractivity contribution in [2.45, 2.75) is 51.3 Å². The van der Waals surface area contributed by atoms with Crippen LogP contribution in [-0.4, -0.2) is 66.1 Å². The number of aromatic nitrogens is 2. The van der Waals surface area contributed by atoms with Gasteiger partial charge in [0.2, 0.25) is 11.8 Å². The van der Waals surface area contributed by atoms with Crippen molar-refractivity contribution in [1.82, 2.24) is 15.1 Å². The number of carboxylic acids is 3. The van der Waals surface area contributed by atoms with Crippen LogP contribution in [0.5, 0.6) is 0 Å². The maximum Gasteiger partial charge on any atom is 0.336 e. The maximum atomic E-state index is 10.3. The van der Waals surface area contributed by atoms with Crippen LogP contribution in [0.4, 0.5) is 0 Å². The summed E-state index contributed by atoms with van der Waals surface area (Å²) in [5.74, 6) is -3.79. The van der Waals surface area contributed by atoms with E-state index < -0.39 is 36.4 Å². The summed E-state index contributed by atoms with van der Waals surface area (Å²) in [6.07, 6.45) is 0.0712. The minimum absolute atomic E-state index is 0.579. The Bertz CT molecular complexity index is 1130. The molecule has 0 atom stereocenters. The summed E-state index contributed by atoms with van der Waals surface area (Å²) in [4.78, 5) is 35.5. The summed E-state index contributed by atoms with van der Waals surface area (Å²) in [7, 11) is 2.08.